The maximum Gasteiger partial charge on any atom is 0.123 e. The van der Waals surface area contributed by atoms with Crippen LogP contribution in [-0.4, -0.2) is 19.2 Å². The minimum Gasteiger partial charge on any atom is -0.371 e. The van der Waals surface area contributed by atoms with Crippen LogP contribution in [0.3, 0.4) is 0 Å². The van der Waals surface area contributed by atoms with E-state index in [2.05, 4.69) is 19.2 Å². The average molecular weight is 237 g/mol. The Morgan fingerprint density at radius 2 is 2.06 bits per heavy atom. The molecule has 0 amide bonds. The van der Waals surface area contributed by atoms with Gasteiger partial charge in [-0.2, -0.15) is 0 Å². The van der Waals surface area contributed by atoms with Crippen molar-refractivity contribution in [1.29, 1.82) is 0 Å². The van der Waals surface area contributed by atoms with Crippen molar-refractivity contribution in [3.63, 3.8) is 0 Å². The second kappa shape index (κ2) is 5.61. The standard InChI is InChI=1S/C14H20FNO/c1-10(2)7-13-9-17-14(8-16-13)11-3-5-12(15)6-4-11/h3-6,10,13-14,16H,7-9H2,1-2H3. The Morgan fingerprint density at radius 1 is 1.35 bits per heavy atom. The van der Waals surface area contributed by atoms with Gasteiger partial charge in [-0.25, -0.2) is 4.39 Å². The van der Waals surface area contributed by atoms with Gasteiger partial charge in [0.1, 0.15) is 5.82 Å². The van der Waals surface area contributed by atoms with Crippen LogP contribution in [0, 0.1) is 11.7 Å². The maximum absolute atomic E-state index is 12.8. The summed E-state index contributed by atoms with van der Waals surface area (Å²) in [6.45, 7) is 5.98. The van der Waals surface area contributed by atoms with Gasteiger partial charge in [0, 0.05) is 12.6 Å². The summed E-state index contributed by atoms with van der Waals surface area (Å²) in [4.78, 5) is 0. The van der Waals surface area contributed by atoms with E-state index in [-0.39, 0.29) is 11.9 Å². The fourth-order valence-electron chi connectivity index (χ4n) is 2.24. The highest BCUT2D eigenvalue weighted by Crippen LogP contribution is 2.21. The van der Waals surface area contributed by atoms with Crippen LogP contribution in [0.5, 0.6) is 0 Å². The second-order valence-corrected chi connectivity index (χ2v) is 5.11. The molecule has 1 N–H and O–H groups in total. The Hall–Kier alpha value is -0.930. The molecule has 3 heteroatoms. The second-order valence-electron chi connectivity index (χ2n) is 5.11. The highest BCUT2D eigenvalue weighted by Gasteiger charge is 2.22. The first-order valence-corrected chi connectivity index (χ1v) is 6.25. The number of hydrogen-bond donors (Lipinski definition) is 1. The maximum atomic E-state index is 12.8. The molecule has 2 atom stereocenters. The molecule has 1 saturated heterocycles. The van der Waals surface area contributed by atoms with Gasteiger partial charge >= 0.3 is 0 Å². The third kappa shape index (κ3) is 3.51. The van der Waals surface area contributed by atoms with Crippen molar-refractivity contribution in [3.8, 4) is 0 Å². The summed E-state index contributed by atoms with van der Waals surface area (Å²) in [5, 5.41) is 3.49. The third-order valence-electron chi connectivity index (χ3n) is 3.09. The van der Waals surface area contributed by atoms with E-state index in [9.17, 15) is 4.39 Å². The zero-order chi connectivity index (χ0) is 12.3. The van der Waals surface area contributed by atoms with E-state index < -0.39 is 0 Å². The molecule has 2 nitrogen and oxygen atoms in total. The summed E-state index contributed by atoms with van der Waals surface area (Å²) in [6, 6.07) is 7.01. The Labute approximate surface area is 102 Å². The predicted octanol–water partition coefficient (Wildman–Crippen LogP) is 2.90. The highest BCUT2D eigenvalue weighted by molar-refractivity contribution is 5.19. The lowest BCUT2D eigenvalue weighted by Gasteiger charge is -2.31. The van der Waals surface area contributed by atoms with E-state index in [0.717, 1.165) is 25.1 Å². The molecule has 0 aromatic heterocycles. The van der Waals surface area contributed by atoms with Crippen LogP contribution in [0.1, 0.15) is 31.9 Å². The number of hydrogen-bond acceptors (Lipinski definition) is 2. The number of nitrogens with one attached hydrogen (secondary N) is 1. The molecule has 0 saturated carbocycles. The number of halogens is 1. The lowest BCUT2D eigenvalue weighted by Crippen LogP contribution is -2.43. The van der Waals surface area contributed by atoms with Crippen molar-refractivity contribution in [2.45, 2.75) is 32.4 Å². The molecular formula is C14H20FNO. The number of benzene rings is 1. The third-order valence-corrected chi connectivity index (χ3v) is 3.09. The summed E-state index contributed by atoms with van der Waals surface area (Å²) in [5.41, 5.74) is 1.04. The fourth-order valence-corrected chi connectivity index (χ4v) is 2.24. The number of rotatable bonds is 3. The van der Waals surface area contributed by atoms with E-state index in [1.165, 1.54) is 12.1 Å². The van der Waals surface area contributed by atoms with Gasteiger partial charge in [0.05, 0.1) is 12.7 Å². The molecule has 0 radical (unpaired) electrons. The summed E-state index contributed by atoms with van der Waals surface area (Å²) in [7, 11) is 0. The van der Waals surface area contributed by atoms with E-state index in [4.69, 9.17) is 4.74 Å². The minimum absolute atomic E-state index is 0.0546. The van der Waals surface area contributed by atoms with Gasteiger partial charge < -0.3 is 10.1 Å². The fraction of sp³-hybridized carbons (Fsp3) is 0.571. The summed E-state index contributed by atoms with van der Waals surface area (Å²) >= 11 is 0. The van der Waals surface area contributed by atoms with Crippen molar-refractivity contribution in [1.82, 2.24) is 5.32 Å². The zero-order valence-electron chi connectivity index (χ0n) is 10.4. The Bertz CT molecular complexity index is 342. The van der Waals surface area contributed by atoms with Crippen LogP contribution in [0.25, 0.3) is 0 Å². The van der Waals surface area contributed by atoms with Crippen molar-refractivity contribution in [3.05, 3.63) is 35.6 Å². The van der Waals surface area contributed by atoms with Crippen LogP contribution in [0.4, 0.5) is 4.39 Å². The van der Waals surface area contributed by atoms with E-state index >= 15 is 0 Å². The van der Waals surface area contributed by atoms with Crippen LogP contribution in [-0.2, 0) is 4.74 Å². The van der Waals surface area contributed by atoms with Crippen molar-refractivity contribution in [2.75, 3.05) is 13.2 Å². The Balaban J connectivity index is 1.88. The SMILES string of the molecule is CC(C)CC1COC(c2ccc(F)cc2)CN1. The molecule has 0 bridgehead atoms. The smallest absolute Gasteiger partial charge is 0.123 e. The lowest BCUT2D eigenvalue weighted by molar-refractivity contribution is -0.00133. The van der Waals surface area contributed by atoms with Crippen LogP contribution >= 0.6 is 0 Å². The monoisotopic (exact) mass is 237 g/mol. The van der Waals surface area contributed by atoms with Gasteiger partial charge in [-0.1, -0.05) is 26.0 Å². The molecule has 17 heavy (non-hydrogen) atoms. The van der Waals surface area contributed by atoms with Gasteiger partial charge in [0.15, 0.2) is 0 Å². The molecule has 1 aliphatic heterocycles. The Kier molecular flexibility index (Phi) is 4.13. The first-order valence-electron chi connectivity index (χ1n) is 6.25. The van der Waals surface area contributed by atoms with E-state index in [1.807, 2.05) is 0 Å². The molecule has 94 valence electrons. The van der Waals surface area contributed by atoms with E-state index in [1.54, 1.807) is 12.1 Å². The van der Waals surface area contributed by atoms with Crippen LogP contribution < -0.4 is 5.32 Å². The molecule has 1 aromatic carbocycles. The van der Waals surface area contributed by atoms with Gasteiger partial charge in [-0.3, -0.25) is 0 Å². The molecule has 1 aromatic rings. The molecule has 0 spiro atoms. The molecular weight excluding hydrogens is 217 g/mol. The number of morpholine rings is 1. The van der Waals surface area contributed by atoms with Crippen molar-refractivity contribution in [2.24, 2.45) is 5.92 Å². The van der Waals surface area contributed by atoms with Gasteiger partial charge in [-0.15, -0.1) is 0 Å². The first-order chi connectivity index (χ1) is 8.15. The summed E-state index contributed by atoms with van der Waals surface area (Å²) in [6.07, 6.45) is 1.19. The quantitative estimate of drug-likeness (QED) is 0.872. The highest BCUT2D eigenvalue weighted by atomic mass is 19.1. The largest absolute Gasteiger partial charge is 0.371 e. The molecule has 2 rings (SSSR count). The summed E-state index contributed by atoms with van der Waals surface area (Å²) in [5.74, 6) is 0.480. The predicted molar refractivity (Wildman–Crippen MR) is 66.3 cm³/mol. The van der Waals surface area contributed by atoms with Crippen LogP contribution in [0.15, 0.2) is 24.3 Å². The van der Waals surface area contributed by atoms with Crippen LogP contribution in [0.2, 0.25) is 0 Å². The minimum atomic E-state index is -0.199. The normalized spacial score (nSPS) is 25.2. The Morgan fingerprint density at radius 3 is 2.59 bits per heavy atom. The van der Waals surface area contributed by atoms with Crippen molar-refractivity contribution >= 4 is 0 Å². The molecule has 2 unspecified atom stereocenters. The lowest BCUT2D eigenvalue weighted by atomic mass is 10.0. The molecule has 1 aliphatic rings. The zero-order valence-corrected chi connectivity index (χ0v) is 10.4. The molecule has 1 fully saturated rings. The molecule has 1 heterocycles. The molecule has 0 aliphatic carbocycles. The van der Waals surface area contributed by atoms with Gasteiger partial charge in [0.2, 0.25) is 0 Å². The van der Waals surface area contributed by atoms with E-state index in [0.29, 0.717) is 12.0 Å². The summed E-state index contributed by atoms with van der Waals surface area (Å²) < 4.78 is 18.6. The number of ether oxygens (including phenoxy) is 1. The van der Waals surface area contributed by atoms with Gasteiger partial charge in [0.25, 0.3) is 0 Å². The first kappa shape index (κ1) is 12.5. The van der Waals surface area contributed by atoms with Gasteiger partial charge in [-0.05, 0) is 30.0 Å². The van der Waals surface area contributed by atoms with Crippen molar-refractivity contribution < 1.29 is 9.13 Å². The average Bonchev–Trinajstić information content (AvgIpc) is 2.30. The topological polar surface area (TPSA) is 21.3 Å².